The molecule has 1 aromatic carbocycles. The molecule has 2 rings (SSSR count). The van der Waals surface area contributed by atoms with Gasteiger partial charge in [-0.15, -0.1) is 0 Å². The quantitative estimate of drug-likeness (QED) is 0.849. The van der Waals surface area contributed by atoms with Gasteiger partial charge in [-0.2, -0.15) is 0 Å². The maximum Gasteiger partial charge on any atom is 0.340 e. The first-order valence-electron chi connectivity index (χ1n) is 7.79. The highest BCUT2D eigenvalue weighted by Crippen LogP contribution is 2.32. The number of benzene rings is 1. The highest BCUT2D eigenvalue weighted by Gasteiger charge is 2.27. The van der Waals surface area contributed by atoms with Crippen molar-refractivity contribution in [1.29, 1.82) is 0 Å². The van der Waals surface area contributed by atoms with E-state index in [9.17, 15) is 14.3 Å². The summed E-state index contributed by atoms with van der Waals surface area (Å²) in [5, 5.41) is 9.35. The van der Waals surface area contributed by atoms with E-state index in [4.69, 9.17) is 0 Å². The monoisotopic (exact) mass is 293 g/mol. The Morgan fingerprint density at radius 2 is 2.05 bits per heavy atom. The fraction of sp³-hybridized carbons (Fsp3) is 0.588. The second-order valence-electron chi connectivity index (χ2n) is 6.25. The van der Waals surface area contributed by atoms with E-state index < -0.39 is 11.8 Å². The van der Waals surface area contributed by atoms with Gasteiger partial charge in [0.25, 0.3) is 0 Å². The molecule has 21 heavy (non-hydrogen) atoms. The summed E-state index contributed by atoms with van der Waals surface area (Å²) in [6.45, 7) is 5.08. The Balaban J connectivity index is 2.35. The minimum Gasteiger partial charge on any atom is -0.478 e. The maximum atomic E-state index is 13.9. The molecular formula is C17H24FNO2. The summed E-state index contributed by atoms with van der Waals surface area (Å²) in [6, 6.07) is 4.91. The van der Waals surface area contributed by atoms with Crippen LogP contribution in [0.2, 0.25) is 0 Å². The molecule has 0 radical (unpaired) electrons. The van der Waals surface area contributed by atoms with Crippen molar-refractivity contribution in [2.75, 3.05) is 11.4 Å². The average Bonchev–Trinajstić information content (AvgIpc) is 2.92. The van der Waals surface area contributed by atoms with Crippen LogP contribution in [0.25, 0.3) is 0 Å². The SMILES string of the molecule is CC(C)CCN(c1cccc(F)c1C(=O)O)C1CCCC1. The first-order valence-corrected chi connectivity index (χ1v) is 7.79. The predicted octanol–water partition coefficient (Wildman–Crippen LogP) is 4.32. The summed E-state index contributed by atoms with van der Waals surface area (Å²) in [5.74, 6) is -1.29. The highest BCUT2D eigenvalue weighted by atomic mass is 19.1. The van der Waals surface area contributed by atoms with Crippen LogP contribution in [0.4, 0.5) is 10.1 Å². The van der Waals surface area contributed by atoms with Gasteiger partial charge in [-0.1, -0.05) is 32.8 Å². The number of hydrogen-bond acceptors (Lipinski definition) is 2. The summed E-state index contributed by atoms with van der Waals surface area (Å²) in [4.78, 5) is 13.6. The fourth-order valence-corrected chi connectivity index (χ4v) is 3.08. The molecule has 1 aliphatic rings. The number of rotatable bonds is 6. The number of anilines is 1. The van der Waals surface area contributed by atoms with Crippen molar-refractivity contribution < 1.29 is 14.3 Å². The maximum absolute atomic E-state index is 13.9. The molecule has 0 saturated heterocycles. The standard InChI is InChI=1S/C17H24FNO2/c1-12(2)10-11-19(13-6-3-4-7-13)15-9-5-8-14(18)16(15)17(20)21/h5,8-9,12-13H,3-4,6-7,10-11H2,1-2H3,(H,20,21). The lowest BCUT2D eigenvalue weighted by atomic mass is 10.0. The lowest BCUT2D eigenvalue weighted by molar-refractivity contribution is 0.0692. The second kappa shape index (κ2) is 6.92. The molecule has 0 aliphatic heterocycles. The van der Waals surface area contributed by atoms with Crippen molar-refractivity contribution in [1.82, 2.24) is 0 Å². The van der Waals surface area contributed by atoms with Crippen LogP contribution in [0.1, 0.15) is 56.3 Å². The van der Waals surface area contributed by atoms with E-state index in [1.807, 2.05) is 0 Å². The lowest BCUT2D eigenvalue weighted by Gasteiger charge is -2.33. The normalized spacial score (nSPS) is 15.6. The summed E-state index contributed by atoms with van der Waals surface area (Å²) >= 11 is 0. The molecule has 4 heteroatoms. The van der Waals surface area contributed by atoms with Gasteiger partial charge < -0.3 is 10.0 Å². The number of hydrogen-bond donors (Lipinski definition) is 1. The first-order chi connectivity index (χ1) is 10.0. The molecule has 1 saturated carbocycles. The predicted molar refractivity (Wildman–Crippen MR) is 82.4 cm³/mol. The van der Waals surface area contributed by atoms with Crippen molar-refractivity contribution in [3.63, 3.8) is 0 Å². The van der Waals surface area contributed by atoms with E-state index >= 15 is 0 Å². The minimum absolute atomic E-state index is 0.187. The van der Waals surface area contributed by atoms with Crippen LogP contribution in [0.15, 0.2) is 18.2 Å². The van der Waals surface area contributed by atoms with Crippen molar-refractivity contribution in [2.24, 2.45) is 5.92 Å². The molecule has 1 aliphatic carbocycles. The average molecular weight is 293 g/mol. The number of carboxylic acid groups (broad SMARTS) is 1. The molecule has 116 valence electrons. The van der Waals surface area contributed by atoms with E-state index in [2.05, 4.69) is 18.7 Å². The first kappa shape index (κ1) is 15.8. The van der Waals surface area contributed by atoms with E-state index in [0.717, 1.165) is 25.8 Å². The number of aromatic carboxylic acids is 1. The Kier molecular flexibility index (Phi) is 5.21. The van der Waals surface area contributed by atoms with Gasteiger partial charge in [0.15, 0.2) is 0 Å². The van der Waals surface area contributed by atoms with Crippen LogP contribution < -0.4 is 4.90 Å². The van der Waals surface area contributed by atoms with Crippen molar-refractivity contribution in [3.05, 3.63) is 29.6 Å². The summed E-state index contributed by atoms with van der Waals surface area (Å²) < 4.78 is 13.9. The number of halogens is 1. The van der Waals surface area contributed by atoms with Crippen molar-refractivity contribution in [2.45, 2.75) is 52.0 Å². The van der Waals surface area contributed by atoms with Gasteiger partial charge in [-0.05, 0) is 37.3 Å². The second-order valence-corrected chi connectivity index (χ2v) is 6.25. The Morgan fingerprint density at radius 1 is 1.38 bits per heavy atom. The van der Waals surface area contributed by atoms with Crippen molar-refractivity contribution >= 4 is 11.7 Å². The topological polar surface area (TPSA) is 40.5 Å². The zero-order valence-corrected chi connectivity index (χ0v) is 12.8. The Hall–Kier alpha value is -1.58. The van der Waals surface area contributed by atoms with Gasteiger partial charge in [-0.25, -0.2) is 9.18 Å². The molecule has 0 aromatic heterocycles. The molecule has 1 fully saturated rings. The summed E-state index contributed by atoms with van der Waals surface area (Å²) in [5.41, 5.74) is 0.350. The van der Waals surface area contributed by atoms with Crippen LogP contribution in [0, 0.1) is 11.7 Å². The van der Waals surface area contributed by atoms with Crippen LogP contribution >= 0.6 is 0 Å². The zero-order valence-electron chi connectivity index (χ0n) is 12.8. The molecule has 3 nitrogen and oxygen atoms in total. The Labute approximate surface area is 125 Å². The van der Waals surface area contributed by atoms with Gasteiger partial charge in [0.2, 0.25) is 0 Å². The number of carboxylic acids is 1. The fourth-order valence-electron chi connectivity index (χ4n) is 3.08. The third kappa shape index (κ3) is 3.74. The smallest absolute Gasteiger partial charge is 0.340 e. The van der Waals surface area contributed by atoms with Crippen LogP contribution in [0.5, 0.6) is 0 Å². The minimum atomic E-state index is -1.18. The van der Waals surface area contributed by atoms with Crippen LogP contribution in [0.3, 0.4) is 0 Å². The lowest BCUT2D eigenvalue weighted by Crippen LogP contribution is -2.36. The third-order valence-corrected chi connectivity index (χ3v) is 4.23. The summed E-state index contributed by atoms with van der Waals surface area (Å²) in [7, 11) is 0. The molecule has 0 amide bonds. The van der Waals surface area contributed by atoms with Crippen LogP contribution in [-0.2, 0) is 0 Å². The highest BCUT2D eigenvalue weighted by molar-refractivity contribution is 5.94. The Bertz CT molecular complexity index is 496. The number of nitrogens with zero attached hydrogens (tertiary/aromatic N) is 1. The van der Waals surface area contributed by atoms with Gasteiger partial charge in [-0.3, -0.25) is 0 Å². The van der Waals surface area contributed by atoms with Gasteiger partial charge in [0, 0.05) is 12.6 Å². The third-order valence-electron chi connectivity index (χ3n) is 4.23. The zero-order chi connectivity index (χ0) is 15.4. The van der Waals surface area contributed by atoms with Gasteiger partial charge in [0.05, 0.1) is 5.69 Å². The van der Waals surface area contributed by atoms with Crippen LogP contribution in [-0.4, -0.2) is 23.7 Å². The molecule has 0 unspecified atom stereocenters. The van der Waals surface area contributed by atoms with Gasteiger partial charge >= 0.3 is 5.97 Å². The Morgan fingerprint density at radius 3 is 2.62 bits per heavy atom. The van der Waals surface area contributed by atoms with E-state index in [0.29, 0.717) is 17.6 Å². The molecule has 1 N–H and O–H groups in total. The van der Waals surface area contributed by atoms with Crippen molar-refractivity contribution in [3.8, 4) is 0 Å². The molecule has 0 atom stereocenters. The molecule has 1 aromatic rings. The van der Waals surface area contributed by atoms with E-state index in [1.165, 1.54) is 18.9 Å². The largest absolute Gasteiger partial charge is 0.478 e. The van der Waals surface area contributed by atoms with E-state index in [-0.39, 0.29) is 5.56 Å². The molecule has 0 heterocycles. The molecule has 0 bridgehead atoms. The summed E-state index contributed by atoms with van der Waals surface area (Å²) in [6.07, 6.45) is 5.44. The molecule has 0 spiro atoms. The molecular weight excluding hydrogens is 269 g/mol. The van der Waals surface area contributed by atoms with Gasteiger partial charge in [0.1, 0.15) is 11.4 Å². The van der Waals surface area contributed by atoms with E-state index in [1.54, 1.807) is 12.1 Å². The number of carbonyl (C=O) groups is 1.